The second-order valence-corrected chi connectivity index (χ2v) is 8.67. The number of rotatable bonds is 3. The first kappa shape index (κ1) is 18.0. The summed E-state index contributed by atoms with van der Waals surface area (Å²) in [7, 11) is 1.96. The van der Waals surface area contributed by atoms with E-state index in [0.717, 1.165) is 52.0 Å². The molecular weight excluding hydrogens is 326 g/mol. The quantitative estimate of drug-likeness (QED) is 0.890. The van der Waals surface area contributed by atoms with Gasteiger partial charge >= 0.3 is 0 Å². The summed E-state index contributed by atoms with van der Waals surface area (Å²) in [5.41, 5.74) is 7.66. The number of carbonyl (C=O) groups is 1. The third-order valence-electron chi connectivity index (χ3n) is 6.83. The zero-order valence-electron chi connectivity index (χ0n) is 16.0. The van der Waals surface area contributed by atoms with Crippen LogP contribution in [0.15, 0.2) is 12.4 Å². The van der Waals surface area contributed by atoms with Gasteiger partial charge in [0.15, 0.2) is 0 Å². The number of aryl methyl sites for hydroxylation is 1. The molecule has 1 amide bonds. The summed E-state index contributed by atoms with van der Waals surface area (Å²) in [6, 6.07) is 0.340. The highest BCUT2D eigenvalue weighted by atomic mass is 16.2. The molecule has 6 heteroatoms. The minimum atomic E-state index is 0.218. The van der Waals surface area contributed by atoms with Gasteiger partial charge in [-0.15, -0.1) is 0 Å². The van der Waals surface area contributed by atoms with Crippen molar-refractivity contribution in [2.75, 3.05) is 26.2 Å². The second kappa shape index (κ2) is 7.69. The Hall–Kier alpha value is -1.40. The van der Waals surface area contributed by atoms with E-state index in [0.29, 0.717) is 23.8 Å². The Bertz CT molecular complexity index is 615. The van der Waals surface area contributed by atoms with Crippen LogP contribution in [-0.2, 0) is 18.4 Å². The lowest BCUT2D eigenvalue weighted by molar-refractivity contribution is -0.138. The van der Waals surface area contributed by atoms with Gasteiger partial charge in [-0.05, 0) is 43.9 Å². The zero-order chi connectivity index (χ0) is 18.1. The number of nitrogens with zero attached hydrogens (tertiary/aromatic N) is 4. The topological polar surface area (TPSA) is 67.4 Å². The highest BCUT2D eigenvalue weighted by Gasteiger charge is 2.41. The fourth-order valence-corrected chi connectivity index (χ4v) is 5.41. The molecule has 2 aliphatic carbocycles. The van der Waals surface area contributed by atoms with Crippen molar-refractivity contribution >= 4 is 5.91 Å². The summed E-state index contributed by atoms with van der Waals surface area (Å²) in [5, 5.41) is 4.26. The molecule has 26 heavy (non-hydrogen) atoms. The van der Waals surface area contributed by atoms with E-state index >= 15 is 0 Å². The molecule has 6 nitrogen and oxygen atoms in total. The Morgan fingerprint density at radius 3 is 2.62 bits per heavy atom. The number of nitrogens with two attached hydrogens (primary N) is 1. The average molecular weight is 360 g/mol. The number of amides is 1. The lowest BCUT2D eigenvalue weighted by Crippen LogP contribution is -2.50. The van der Waals surface area contributed by atoms with Crippen molar-refractivity contribution in [1.29, 1.82) is 0 Å². The first-order chi connectivity index (χ1) is 12.6. The Morgan fingerprint density at radius 2 is 1.92 bits per heavy atom. The molecule has 2 atom stereocenters. The number of hydrogen-bond donors (Lipinski definition) is 1. The van der Waals surface area contributed by atoms with Crippen molar-refractivity contribution in [3.63, 3.8) is 0 Å². The molecule has 0 aromatic carbocycles. The van der Waals surface area contributed by atoms with E-state index in [4.69, 9.17) is 5.73 Å². The predicted molar refractivity (Wildman–Crippen MR) is 101 cm³/mol. The van der Waals surface area contributed by atoms with E-state index in [9.17, 15) is 4.79 Å². The maximum absolute atomic E-state index is 13.2. The van der Waals surface area contributed by atoms with E-state index in [1.54, 1.807) is 0 Å². The summed E-state index contributed by atoms with van der Waals surface area (Å²) < 4.78 is 1.85. The van der Waals surface area contributed by atoms with Gasteiger partial charge in [-0.1, -0.05) is 6.42 Å². The molecule has 0 spiro atoms. The molecule has 3 aliphatic rings. The van der Waals surface area contributed by atoms with Gasteiger partial charge in [-0.25, -0.2) is 0 Å². The van der Waals surface area contributed by atoms with E-state index in [2.05, 4.69) is 21.1 Å². The summed E-state index contributed by atoms with van der Waals surface area (Å²) in [4.78, 5) is 17.8. The van der Waals surface area contributed by atoms with Crippen molar-refractivity contribution in [3.8, 4) is 0 Å². The number of hydrogen-bond acceptors (Lipinski definition) is 4. The second-order valence-electron chi connectivity index (χ2n) is 8.67. The van der Waals surface area contributed by atoms with Crippen LogP contribution in [-0.4, -0.2) is 57.7 Å². The SMILES string of the molecule is Cn1cc(CN2CCCN(C(=O)C3CC4CCCC(C3)C4N)CC2)cn1. The van der Waals surface area contributed by atoms with E-state index in [-0.39, 0.29) is 5.92 Å². The molecule has 0 radical (unpaired) electrons. The zero-order valence-corrected chi connectivity index (χ0v) is 16.0. The van der Waals surface area contributed by atoms with E-state index in [1.165, 1.54) is 24.8 Å². The van der Waals surface area contributed by atoms with Gasteiger partial charge in [-0.3, -0.25) is 14.4 Å². The van der Waals surface area contributed by atoms with Crippen LogP contribution in [0, 0.1) is 17.8 Å². The molecule has 2 bridgehead atoms. The Morgan fingerprint density at radius 1 is 1.15 bits per heavy atom. The third kappa shape index (κ3) is 3.81. The molecule has 1 aliphatic heterocycles. The van der Waals surface area contributed by atoms with Crippen molar-refractivity contribution in [2.24, 2.45) is 30.5 Å². The van der Waals surface area contributed by atoms with Gasteiger partial charge in [0.1, 0.15) is 0 Å². The molecule has 1 aromatic rings. The van der Waals surface area contributed by atoms with Crippen molar-refractivity contribution in [2.45, 2.75) is 51.1 Å². The predicted octanol–water partition coefficient (Wildman–Crippen LogP) is 1.61. The van der Waals surface area contributed by atoms with Crippen molar-refractivity contribution < 1.29 is 4.79 Å². The van der Waals surface area contributed by atoms with Crippen LogP contribution in [0.5, 0.6) is 0 Å². The standard InChI is InChI=1S/C20H33N5O/c1-23-13-15(12-22-23)14-24-6-3-7-25(9-8-24)20(26)18-10-16-4-2-5-17(11-18)19(16)21/h12-13,16-19H,2-11,14,21H2,1H3. The lowest BCUT2D eigenvalue weighted by atomic mass is 9.65. The molecule has 3 fully saturated rings. The maximum Gasteiger partial charge on any atom is 0.225 e. The molecule has 2 N–H and O–H groups in total. The van der Waals surface area contributed by atoms with Crippen LogP contribution in [0.4, 0.5) is 0 Å². The van der Waals surface area contributed by atoms with Crippen molar-refractivity contribution in [3.05, 3.63) is 18.0 Å². The summed E-state index contributed by atoms with van der Waals surface area (Å²) in [5.74, 6) is 1.77. The average Bonchev–Trinajstić information content (AvgIpc) is 2.87. The van der Waals surface area contributed by atoms with Crippen LogP contribution >= 0.6 is 0 Å². The minimum Gasteiger partial charge on any atom is -0.341 e. The number of fused-ring (bicyclic) bond motifs is 2. The molecule has 2 saturated carbocycles. The Labute approximate surface area is 156 Å². The van der Waals surface area contributed by atoms with Crippen LogP contribution in [0.3, 0.4) is 0 Å². The third-order valence-corrected chi connectivity index (χ3v) is 6.83. The fourth-order valence-electron chi connectivity index (χ4n) is 5.41. The molecule has 4 rings (SSSR count). The molecule has 144 valence electrons. The van der Waals surface area contributed by atoms with Gasteiger partial charge in [-0.2, -0.15) is 5.10 Å². The van der Waals surface area contributed by atoms with Gasteiger partial charge in [0.2, 0.25) is 5.91 Å². The number of aromatic nitrogens is 2. The molecule has 2 unspecified atom stereocenters. The lowest BCUT2D eigenvalue weighted by Gasteiger charge is -2.44. The normalized spacial score (nSPS) is 33.1. The van der Waals surface area contributed by atoms with Crippen LogP contribution in [0.25, 0.3) is 0 Å². The van der Waals surface area contributed by atoms with Gasteiger partial charge < -0.3 is 10.6 Å². The monoisotopic (exact) mass is 359 g/mol. The van der Waals surface area contributed by atoms with Crippen molar-refractivity contribution in [1.82, 2.24) is 19.6 Å². The first-order valence-electron chi connectivity index (χ1n) is 10.3. The molecular formula is C20H33N5O. The molecule has 1 aromatic heterocycles. The summed E-state index contributed by atoms with van der Waals surface area (Å²) in [6.07, 6.45) is 10.9. The number of carbonyl (C=O) groups excluding carboxylic acids is 1. The van der Waals surface area contributed by atoms with Crippen LogP contribution in [0.1, 0.15) is 44.1 Å². The highest BCUT2D eigenvalue weighted by Crippen LogP contribution is 2.42. The van der Waals surface area contributed by atoms with E-state index < -0.39 is 0 Å². The van der Waals surface area contributed by atoms with E-state index in [1.807, 2.05) is 17.9 Å². The molecule has 1 saturated heterocycles. The highest BCUT2D eigenvalue weighted by molar-refractivity contribution is 5.79. The Balaban J connectivity index is 1.33. The largest absolute Gasteiger partial charge is 0.341 e. The smallest absolute Gasteiger partial charge is 0.225 e. The summed E-state index contributed by atoms with van der Waals surface area (Å²) >= 11 is 0. The van der Waals surface area contributed by atoms with Gasteiger partial charge in [0.05, 0.1) is 6.20 Å². The van der Waals surface area contributed by atoms with Crippen LogP contribution in [0.2, 0.25) is 0 Å². The molecule has 2 heterocycles. The Kier molecular flexibility index (Phi) is 5.32. The summed E-state index contributed by atoms with van der Waals surface area (Å²) in [6.45, 7) is 4.70. The maximum atomic E-state index is 13.2. The minimum absolute atomic E-state index is 0.218. The van der Waals surface area contributed by atoms with Crippen LogP contribution < -0.4 is 5.73 Å². The fraction of sp³-hybridized carbons (Fsp3) is 0.800. The first-order valence-corrected chi connectivity index (χ1v) is 10.3. The van der Waals surface area contributed by atoms with Gasteiger partial charge in [0.25, 0.3) is 0 Å². The van der Waals surface area contributed by atoms with Gasteiger partial charge in [0, 0.05) is 63.5 Å².